The monoisotopic (exact) mass is 623 g/mol. The molecular formula is C29H32Cl3N3O4S. The summed E-state index contributed by atoms with van der Waals surface area (Å²) in [5.74, 6) is -0.943. The Labute approximate surface area is 251 Å². The van der Waals surface area contributed by atoms with Crippen molar-refractivity contribution >= 4 is 62.3 Å². The van der Waals surface area contributed by atoms with Gasteiger partial charge in [0.05, 0.1) is 17.0 Å². The number of sulfonamides is 1. The van der Waals surface area contributed by atoms with Crippen LogP contribution in [0.25, 0.3) is 0 Å². The summed E-state index contributed by atoms with van der Waals surface area (Å²) in [7, 11) is -3.97. The molecule has 3 rings (SSSR count). The third-order valence-corrected chi connectivity index (χ3v) is 8.29. The average molecular weight is 625 g/mol. The van der Waals surface area contributed by atoms with Gasteiger partial charge in [0.2, 0.25) is 21.8 Å². The van der Waals surface area contributed by atoms with Crippen molar-refractivity contribution in [2.24, 2.45) is 0 Å². The number of nitrogens with one attached hydrogen (secondary N) is 1. The Kier molecular flexibility index (Phi) is 11.3. The lowest BCUT2D eigenvalue weighted by atomic mass is 10.0. The molecule has 0 radical (unpaired) electrons. The summed E-state index contributed by atoms with van der Waals surface area (Å²) < 4.78 is 26.7. The van der Waals surface area contributed by atoms with Crippen LogP contribution < -0.4 is 9.62 Å². The molecule has 2 amide bonds. The Bertz CT molecular complexity index is 1440. The molecule has 7 nitrogen and oxygen atoms in total. The molecule has 0 saturated carbocycles. The highest BCUT2D eigenvalue weighted by Crippen LogP contribution is 2.31. The lowest BCUT2D eigenvalue weighted by Crippen LogP contribution is -2.54. The van der Waals surface area contributed by atoms with Gasteiger partial charge in [-0.05, 0) is 54.8 Å². The van der Waals surface area contributed by atoms with Crippen molar-refractivity contribution in [1.82, 2.24) is 10.2 Å². The molecule has 0 aliphatic rings. The van der Waals surface area contributed by atoms with Gasteiger partial charge in [-0.25, -0.2) is 8.42 Å². The lowest BCUT2D eigenvalue weighted by Gasteiger charge is -2.34. The minimum atomic E-state index is -3.97. The molecule has 11 heteroatoms. The molecule has 0 heterocycles. The molecule has 3 aromatic carbocycles. The zero-order chi connectivity index (χ0) is 29.4. The molecule has 0 aliphatic heterocycles. The van der Waals surface area contributed by atoms with Crippen molar-refractivity contribution in [3.63, 3.8) is 0 Å². The van der Waals surface area contributed by atoms with E-state index in [0.29, 0.717) is 17.0 Å². The second kappa shape index (κ2) is 14.2. The molecule has 0 saturated heterocycles. The van der Waals surface area contributed by atoms with Gasteiger partial charge in [0.25, 0.3) is 0 Å². The summed E-state index contributed by atoms with van der Waals surface area (Å²) in [5.41, 5.74) is 1.59. The van der Waals surface area contributed by atoms with Crippen molar-refractivity contribution < 1.29 is 18.0 Å². The molecule has 0 aromatic heterocycles. The standard InChI is InChI=1S/C29H32Cl3N3O4S/c1-4-20(2)33-29(37)27(16-21-9-6-5-7-10-21)34(18-22-11-8-12-23(30)15-22)28(36)19-35(40(3,38)39)26-17-24(31)13-14-25(26)32/h5-15,17,20,27H,4,16,18-19H2,1-3H3,(H,33,37). The number of nitrogens with zero attached hydrogens (tertiary/aromatic N) is 2. The van der Waals surface area contributed by atoms with Crippen LogP contribution >= 0.6 is 34.8 Å². The van der Waals surface area contributed by atoms with Gasteiger partial charge in [0.15, 0.2) is 0 Å². The molecule has 214 valence electrons. The number of benzene rings is 3. The summed E-state index contributed by atoms with van der Waals surface area (Å²) in [6.07, 6.45) is 1.89. The fourth-order valence-corrected chi connectivity index (χ4v) is 5.60. The summed E-state index contributed by atoms with van der Waals surface area (Å²) in [5, 5.41) is 3.82. The van der Waals surface area contributed by atoms with Crippen LogP contribution in [0.5, 0.6) is 0 Å². The van der Waals surface area contributed by atoms with Crippen LogP contribution in [0.4, 0.5) is 5.69 Å². The highest BCUT2D eigenvalue weighted by atomic mass is 35.5. The number of rotatable bonds is 12. The van der Waals surface area contributed by atoms with Crippen LogP contribution in [-0.2, 0) is 32.6 Å². The Hall–Kier alpha value is -2.78. The lowest BCUT2D eigenvalue weighted by molar-refractivity contribution is -0.140. The smallest absolute Gasteiger partial charge is 0.244 e. The van der Waals surface area contributed by atoms with Crippen LogP contribution in [0.2, 0.25) is 15.1 Å². The number of carbonyl (C=O) groups is 2. The predicted molar refractivity (Wildman–Crippen MR) is 162 cm³/mol. The van der Waals surface area contributed by atoms with E-state index in [4.69, 9.17) is 34.8 Å². The summed E-state index contributed by atoms with van der Waals surface area (Å²) >= 11 is 18.7. The highest BCUT2D eigenvalue weighted by Gasteiger charge is 2.34. The molecule has 0 bridgehead atoms. The number of hydrogen-bond acceptors (Lipinski definition) is 4. The summed E-state index contributed by atoms with van der Waals surface area (Å²) in [4.78, 5) is 29.1. The van der Waals surface area contributed by atoms with E-state index in [1.54, 1.807) is 24.3 Å². The third kappa shape index (κ3) is 8.86. The maximum atomic E-state index is 14.1. The highest BCUT2D eigenvalue weighted by molar-refractivity contribution is 7.92. The fraction of sp³-hybridized carbons (Fsp3) is 0.310. The van der Waals surface area contributed by atoms with Gasteiger partial charge in [-0.3, -0.25) is 13.9 Å². The van der Waals surface area contributed by atoms with Crippen molar-refractivity contribution in [2.45, 2.75) is 45.3 Å². The normalized spacial score (nSPS) is 12.8. The molecule has 0 spiro atoms. The van der Waals surface area contributed by atoms with Crippen LogP contribution in [0, 0.1) is 0 Å². The van der Waals surface area contributed by atoms with Gasteiger partial charge < -0.3 is 10.2 Å². The Morgan fingerprint density at radius 2 is 1.55 bits per heavy atom. The van der Waals surface area contributed by atoms with Crippen LogP contribution in [0.3, 0.4) is 0 Å². The van der Waals surface area contributed by atoms with E-state index in [2.05, 4.69) is 5.32 Å². The Morgan fingerprint density at radius 3 is 2.17 bits per heavy atom. The quantitative estimate of drug-likeness (QED) is 0.269. The molecule has 3 aromatic rings. The number of hydrogen-bond donors (Lipinski definition) is 1. The van der Waals surface area contributed by atoms with Crippen LogP contribution in [0.15, 0.2) is 72.8 Å². The second-order valence-electron chi connectivity index (χ2n) is 9.54. The number of anilines is 1. The maximum absolute atomic E-state index is 14.1. The second-order valence-corrected chi connectivity index (χ2v) is 12.7. The first-order valence-corrected chi connectivity index (χ1v) is 15.7. The Balaban J connectivity index is 2.09. The van der Waals surface area contributed by atoms with Crippen LogP contribution in [0.1, 0.15) is 31.4 Å². The van der Waals surface area contributed by atoms with E-state index in [-0.39, 0.29) is 40.6 Å². The van der Waals surface area contributed by atoms with Crippen molar-refractivity contribution in [3.8, 4) is 0 Å². The first-order valence-electron chi connectivity index (χ1n) is 12.7. The third-order valence-electron chi connectivity index (χ3n) is 6.37. The van der Waals surface area contributed by atoms with E-state index in [0.717, 1.165) is 16.1 Å². The average Bonchev–Trinajstić information content (AvgIpc) is 2.90. The van der Waals surface area contributed by atoms with Gasteiger partial charge in [0, 0.05) is 29.1 Å². The van der Waals surface area contributed by atoms with Gasteiger partial charge in [-0.2, -0.15) is 0 Å². The molecule has 0 fully saturated rings. The van der Waals surface area contributed by atoms with E-state index in [9.17, 15) is 18.0 Å². The minimum Gasteiger partial charge on any atom is -0.352 e. The van der Waals surface area contributed by atoms with Crippen molar-refractivity contribution in [1.29, 1.82) is 0 Å². The number of carbonyl (C=O) groups excluding carboxylic acids is 2. The van der Waals surface area contributed by atoms with E-state index >= 15 is 0 Å². The first-order chi connectivity index (χ1) is 18.9. The topological polar surface area (TPSA) is 86.8 Å². The summed E-state index contributed by atoms with van der Waals surface area (Å²) in [6, 6.07) is 19.6. The van der Waals surface area contributed by atoms with Gasteiger partial charge in [-0.15, -0.1) is 0 Å². The molecule has 2 atom stereocenters. The van der Waals surface area contributed by atoms with Gasteiger partial charge >= 0.3 is 0 Å². The van der Waals surface area contributed by atoms with Gasteiger partial charge in [0.1, 0.15) is 12.6 Å². The largest absolute Gasteiger partial charge is 0.352 e. The SMILES string of the molecule is CCC(C)NC(=O)C(Cc1ccccc1)N(Cc1cccc(Cl)c1)C(=O)CN(c1cc(Cl)ccc1Cl)S(C)(=O)=O. The van der Waals surface area contributed by atoms with Crippen molar-refractivity contribution in [2.75, 3.05) is 17.1 Å². The van der Waals surface area contributed by atoms with Gasteiger partial charge in [-0.1, -0.05) is 84.2 Å². The molecule has 1 N–H and O–H groups in total. The number of halogens is 3. The van der Waals surface area contributed by atoms with E-state index < -0.39 is 28.5 Å². The molecule has 40 heavy (non-hydrogen) atoms. The zero-order valence-corrected chi connectivity index (χ0v) is 25.6. The zero-order valence-electron chi connectivity index (χ0n) is 22.5. The van der Waals surface area contributed by atoms with E-state index in [1.165, 1.54) is 23.1 Å². The predicted octanol–water partition coefficient (Wildman–Crippen LogP) is 5.97. The van der Waals surface area contributed by atoms with Crippen LogP contribution in [-0.4, -0.2) is 50.0 Å². The van der Waals surface area contributed by atoms with E-state index in [1.807, 2.05) is 44.2 Å². The van der Waals surface area contributed by atoms with Crippen molar-refractivity contribution in [3.05, 3.63) is 99.0 Å². The molecule has 2 unspecified atom stereocenters. The first kappa shape index (κ1) is 31.7. The summed E-state index contributed by atoms with van der Waals surface area (Å²) in [6.45, 7) is 3.25. The fourth-order valence-electron chi connectivity index (χ4n) is 4.10. The number of amides is 2. The maximum Gasteiger partial charge on any atom is 0.244 e. The Morgan fingerprint density at radius 1 is 0.900 bits per heavy atom. The molecular weight excluding hydrogens is 593 g/mol. The minimum absolute atomic E-state index is 0.0195. The molecule has 0 aliphatic carbocycles.